The largest absolute Gasteiger partial charge is 0.324 e. The van der Waals surface area contributed by atoms with Gasteiger partial charge in [-0.1, -0.05) is 29.8 Å². The van der Waals surface area contributed by atoms with E-state index in [9.17, 15) is 14.9 Å². The van der Waals surface area contributed by atoms with E-state index >= 15 is 0 Å². The van der Waals surface area contributed by atoms with Crippen molar-refractivity contribution in [3.05, 3.63) is 68.7 Å². The maximum atomic E-state index is 12.1. The van der Waals surface area contributed by atoms with Crippen molar-refractivity contribution in [2.75, 3.05) is 11.9 Å². The van der Waals surface area contributed by atoms with E-state index in [4.69, 9.17) is 11.6 Å². The van der Waals surface area contributed by atoms with Gasteiger partial charge in [-0.2, -0.15) is 0 Å². The molecule has 7 heteroatoms. The summed E-state index contributed by atoms with van der Waals surface area (Å²) in [7, 11) is 0. The van der Waals surface area contributed by atoms with Gasteiger partial charge in [0.2, 0.25) is 5.91 Å². The average molecular weight is 348 g/mol. The van der Waals surface area contributed by atoms with Crippen LogP contribution in [0.1, 0.15) is 24.1 Å². The summed E-state index contributed by atoms with van der Waals surface area (Å²) in [6.45, 7) is 3.81. The highest BCUT2D eigenvalue weighted by Crippen LogP contribution is 2.22. The van der Waals surface area contributed by atoms with Gasteiger partial charge >= 0.3 is 0 Å². The number of halogens is 1. The molecule has 24 heavy (non-hydrogen) atoms. The van der Waals surface area contributed by atoms with Crippen LogP contribution in [0.15, 0.2) is 42.5 Å². The fourth-order valence-corrected chi connectivity index (χ4v) is 2.29. The highest BCUT2D eigenvalue weighted by molar-refractivity contribution is 6.30. The molecule has 0 fully saturated rings. The number of nitro groups is 1. The zero-order valence-corrected chi connectivity index (χ0v) is 14.1. The Labute approximate surface area is 145 Å². The first-order valence-corrected chi connectivity index (χ1v) is 7.78. The fourth-order valence-electron chi connectivity index (χ4n) is 2.17. The number of non-ortho nitro benzene ring substituents is 1. The molecular weight excluding hydrogens is 330 g/mol. The second-order valence-corrected chi connectivity index (χ2v) is 5.90. The molecule has 1 atom stereocenters. The number of benzene rings is 2. The van der Waals surface area contributed by atoms with Crippen LogP contribution in [0.4, 0.5) is 11.4 Å². The number of nitrogens with zero attached hydrogens (tertiary/aromatic N) is 1. The fraction of sp³-hybridized carbons (Fsp3) is 0.235. The molecule has 6 nitrogen and oxygen atoms in total. The monoisotopic (exact) mass is 347 g/mol. The van der Waals surface area contributed by atoms with Crippen LogP contribution in [0.5, 0.6) is 0 Å². The van der Waals surface area contributed by atoms with Crippen LogP contribution >= 0.6 is 11.6 Å². The molecule has 126 valence electrons. The second-order valence-electron chi connectivity index (χ2n) is 5.46. The molecule has 0 aromatic heterocycles. The number of hydrogen-bond donors (Lipinski definition) is 2. The maximum absolute atomic E-state index is 12.1. The van der Waals surface area contributed by atoms with Crippen molar-refractivity contribution in [2.45, 2.75) is 19.9 Å². The van der Waals surface area contributed by atoms with Gasteiger partial charge in [0.25, 0.3) is 5.69 Å². The summed E-state index contributed by atoms with van der Waals surface area (Å²) in [5, 5.41) is 17.3. The van der Waals surface area contributed by atoms with E-state index in [0.29, 0.717) is 10.7 Å². The summed E-state index contributed by atoms with van der Waals surface area (Å²) >= 11 is 5.85. The lowest BCUT2D eigenvalue weighted by atomic mass is 10.1. The van der Waals surface area contributed by atoms with Gasteiger partial charge < -0.3 is 10.6 Å². The summed E-state index contributed by atoms with van der Waals surface area (Å²) < 4.78 is 0. The third-order valence-corrected chi connectivity index (χ3v) is 3.90. The van der Waals surface area contributed by atoms with E-state index < -0.39 is 4.92 Å². The van der Waals surface area contributed by atoms with Crippen molar-refractivity contribution >= 4 is 28.9 Å². The van der Waals surface area contributed by atoms with Crippen molar-refractivity contribution in [2.24, 2.45) is 0 Å². The van der Waals surface area contributed by atoms with Gasteiger partial charge in [-0.15, -0.1) is 0 Å². The third-order valence-electron chi connectivity index (χ3n) is 3.64. The molecule has 2 aromatic carbocycles. The Morgan fingerprint density at radius 1 is 1.25 bits per heavy atom. The number of rotatable bonds is 6. The minimum Gasteiger partial charge on any atom is -0.324 e. The van der Waals surface area contributed by atoms with Crippen LogP contribution in [-0.4, -0.2) is 17.4 Å². The van der Waals surface area contributed by atoms with Gasteiger partial charge in [-0.25, -0.2) is 0 Å². The van der Waals surface area contributed by atoms with Crippen LogP contribution in [-0.2, 0) is 4.79 Å². The lowest BCUT2D eigenvalue weighted by Gasteiger charge is -2.15. The van der Waals surface area contributed by atoms with Crippen molar-refractivity contribution < 1.29 is 9.72 Å². The molecule has 0 aliphatic rings. The molecule has 0 heterocycles. The van der Waals surface area contributed by atoms with Gasteiger partial charge in [-0.05, 0) is 37.1 Å². The normalized spacial score (nSPS) is 11.8. The van der Waals surface area contributed by atoms with Gasteiger partial charge in [0, 0.05) is 23.2 Å². The quantitative estimate of drug-likeness (QED) is 0.614. The molecule has 0 spiro atoms. The average Bonchev–Trinajstić information content (AvgIpc) is 2.55. The van der Waals surface area contributed by atoms with Crippen molar-refractivity contribution in [3.63, 3.8) is 0 Å². The smallest absolute Gasteiger partial charge is 0.271 e. The number of carbonyl (C=O) groups excluding carboxylic acids is 1. The zero-order chi connectivity index (χ0) is 17.7. The molecule has 2 N–H and O–H groups in total. The first-order valence-electron chi connectivity index (χ1n) is 7.40. The number of hydrogen-bond acceptors (Lipinski definition) is 4. The first kappa shape index (κ1) is 17.9. The van der Waals surface area contributed by atoms with Gasteiger partial charge in [0.1, 0.15) is 0 Å². The first-order chi connectivity index (χ1) is 11.4. The molecule has 2 rings (SSSR count). The van der Waals surface area contributed by atoms with Crippen molar-refractivity contribution in [1.29, 1.82) is 0 Å². The number of carbonyl (C=O) groups is 1. The molecule has 0 bridgehead atoms. The van der Waals surface area contributed by atoms with Crippen LogP contribution < -0.4 is 10.6 Å². The molecule has 0 saturated heterocycles. The van der Waals surface area contributed by atoms with E-state index in [-0.39, 0.29) is 24.2 Å². The van der Waals surface area contributed by atoms with Gasteiger partial charge in [0.05, 0.1) is 17.2 Å². The Bertz CT molecular complexity index is 747. The van der Waals surface area contributed by atoms with E-state index in [0.717, 1.165) is 11.1 Å². The SMILES string of the molecule is Cc1ccc([N+](=O)[O-])cc1NC(=O)CN[C@H](C)c1ccc(Cl)cc1. The molecule has 0 aliphatic heterocycles. The van der Waals surface area contributed by atoms with Gasteiger partial charge in [0.15, 0.2) is 0 Å². The third kappa shape index (κ3) is 4.78. The standard InChI is InChI=1S/C17H18ClN3O3/c1-11-3-8-15(21(23)24)9-16(11)20-17(22)10-19-12(2)13-4-6-14(18)7-5-13/h3-9,12,19H,10H2,1-2H3,(H,20,22)/t12-/m1/s1. The zero-order valence-electron chi connectivity index (χ0n) is 13.4. The second kappa shape index (κ2) is 7.90. The Morgan fingerprint density at radius 3 is 2.54 bits per heavy atom. The van der Waals surface area contributed by atoms with E-state index in [1.165, 1.54) is 12.1 Å². The highest BCUT2D eigenvalue weighted by Gasteiger charge is 2.12. The number of nitrogens with one attached hydrogen (secondary N) is 2. The highest BCUT2D eigenvalue weighted by atomic mass is 35.5. The molecular formula is C17H18ClN3O3. The van der Waals surface area contributed by atoms with Crippen molar-refractivity contribution in [3.8, 4) is 0 Å². The minimum absolute atomic E-state index is 0.0285. The van der Waals surface area contributed by atoms with Crippen LogP contribution in [0.25, 0.3) is 0 Å². The lowest BCUT2D eigenvalue weighted by molar-refractivity contribution is -0.384. The molecule has 1 amide bonds. The molecule has 0 radical (unpaired) electrons. The van der Waals surface area contributed by atoms with Gasteiger partial charge in [-0.3, -0.25) is 14.9 Å². The van der Waals surface area contributed by atoms with E-state index in [1.807, 2.05) is 19.1 Å². The molecule has 0 saturated carbocycles. The summed E-state index contributed by atoms with van der Waals surface area (Å²) in [6, 6.07) is 11.7. The Kier molecular flexibility index (Phi) is 5.89. The minimum atomic E-state index is -0.490. The maximum Gasteiger partial charge on any atom is 0.271 e. The summed E-state index contributed by atoms with van der Waals surface area (Å²) in [5.74, 6) is -0.264. The Balaban J connectivity index is 1.95. The number of nitro benzene ring substituents is 1. The topological polar surface area (TPSA) is 84.3 Å². The molecule has 0 unspecified atom stereocenters. The van der Waals surface area contributed by atoms with E-state index in [1.54, 1.807) is 25.1 Å². The summed E-state index contributed by atoms with van der Waals surface area (Å²) in [6.07, 6.45) is 0. The number of aryl methyl sites for hydroxylation is 1. The van der Waals surface area contributed by atoms with Crippen molar-refractivity contribution in [1.82, 2.24) is 5.32 Å². The van der Waals surface area contributed by atoms with Crippen LogP contribution in [0, 0.1) is 17.0 Å². The predicted molar refractivity (Wildman–Crippen MR) is 94.3 cm³/mol. The predicted octanol–water partition coefficient (Wildman–Crippen LogP) is 3.85. The van der Waals surface area contributed by atoms with Crippen LogP contribution in [0.2, 0.25) is 5.02 Å². The number of anilines is 1. The number of amides is 1. The summed E-state index contributed by atoms with van der Waals surface area (Å²) in [4.78, 5) is 22.4. The van der Waals surface area contributed by atoms with E-state index in [2.05, 4.69) is 10.6 Å². The summed E-state index contributed by atoms with van der Waals surface area (Å²) in [5.41, 5.74) is 2.16. The molecule has 0 aliphatic carbocycles. The van der Waals surface area contributed by atoms with Crippen LogP contribution in [0.3, 0.4) is 0 Å². The lowest BCUT2D eigenvalue weighted by Crippen LogP contribution is -2.30. The molecule has 2 aromatic rings. The Hall–Kier alpha value is -2.44. The Morgan fingerprint density at radius 2 is 1.92 bits per heavy atom.